The van der Waals surface area contributed by atoms with E-state index >= 15 is 0 Å². The van der Waals surface area contributed by atoms with Gasteiger partial charge in [0.05, 0.1) is 18.0 Å². The first-order valence-corrected chi connectivity index (χ1v) is 8.41. The maximum absolute atomic E-state index is 5.74. The Morgan fingerprint density at radius 1 is 0.958 bits per heavy atom. The monoisotopic (exact) mass is 321 g/mol. The van der Waals surface area contributed by atoms with Gasteiger partial charge in [-0.2, -0.15) is 5.10 Å². The SMILES string of the molecule is CCCCCOc1ccc(-c2cc(-c3ccc(N)cc3)[nH]n2)cc1. The van der Waals surface area contributed by atoms with Crippen LogP contribution >= 0.6 is 0 Å². The molecule has 3 rings (SSSR count). The van der Waals surface area contributed by atoms with Crippen LogP contribution in [-0.2, 0) is 0 Å². The van der Waals surface area contributed by atoms with Gasteiger partial charge in [-0.05, 0) is 54.4 Å². The van der Waals surface area contributed by atoms with Gasteiger partial charge in [0.15, 0.2) is 0 Å². The molecule has 0 aliphatic carbocycles. The molecule has 2 aromatic carbocycles. The van der Waals surface area contributed by atoms with E-state index in [1.54, 1.807) is 0 Å². The van der Waals surface area contributed by atoms with E-state index in [0.717, 1.165) is 47.0 Å². The quantitative estimate of drug-likeness (QED) is 0.481. The molecular weight excluding hydrogens is 298 g/mol. The number of aromatic nitrogens is 2. The van der Waals surface area contributed by atoms with E-state index in [0.29, 0.717) is 0 Å². The van der Waals surface area contributed by atoms with Crippen LogP contribution in [-0.4, -0.2) is 16.8 Å². The lowest BCUT2D eigenvalue weighted by atomic mass is 10.1. The molecule has 0 spiro atoms. The molecule has 1 aromatic heterocycles. The molecule has 1 heterocycles. The number of anilines is 1. The molecule has 0 saturated carbocycles. The summed E-state index contributed by atoms with van der Waals surface area (Å²) >= 11 is 0. The highest BCUT2D eigenvalue weighted by Crippen LogP contribution is 2.26. The molecule has 24 heavy (non-hydrogen) atoms. The Labute approximate surface area is 142 Å². The Balaban J connectivity index is 1.67. The van der Waals surface area contributed by atoms with Gasteiger partial charge in [-0.3, -0.25) is 5.10 Å². The number of nitrogens with one attached hydrogen (secondary N) is 1. The minimum atomic E-state index is 0.757. The van der Waals surface area contributed by atoms with E-state index in [-0.39, 0.29) is 0 Å². The highest BCUT2D eigenvalue weighted by Gasteiger charge is 2.06. The molecule has 4 heteroatoms. The van der Waals surface area contributed by atoms with Crippen molar-refractivity contribution < 1.29 is 4.74 Å². The van der Waals surface area contributed by atoms with E-state index < -0.39 is 0 Å². The van der Waals surface area contributed by atoms with Crippen LogP contribution in [0.4, 0.5) is 5.69 Å². The molecule has 0 aliphatic rings. The number of nitrogens with zero attached hydrogens (tertiary/aromatic N) is 1. The minimum absolute atomic E-state index is 0.757. The molecule has 0 atom stereocenters. The Hall–Kier alpha value is -2.75. The van der Waals surface area contributed by atoms with Crippen molar-refractivity contribution in [3.8, 4) is 28.3 Å². The number of benzene rings is 2. The number of hydrogen-bond acceptors (Lipinski definition) is 3. The summed E-state index contributed by atoms with van der Waals surface area (Å²) in [4.78, 5) is 0. The molecule has 3 aromatic rings. The van der Waals surface area contributed by atoms with Crippen LogP contribution in [0.3, 0.4) is 0 Å². The van der Waals surface area contributed by atoms with Crippen molar-refractivity contribution in [2.24, 2.45) is 0 Å². The van der Waals surface area contributed by atoms with Crippen molar-refractivity contribution in [1.29, 1.82) is 0 Å². The summed E-state index contributed by atoms with van der Waals surface area (Å²) in [5.41, 5.74) is 10.5. The summed E-state index contributed by atoms with van der Waals surface area (Å²) in [6, 6.07) is 17.9. The van der Waals surface area contributed by atoms with Crippen LogP contribution in [0.15, 0.2) is 54.6 Å². The summed E-state index contributed by atoms with van der Waals surface area (Å²) in [5, 5.41) is 7.49. The van der Waals surface area contributed by atoms with Crippen molar-refractivity contribution >= 4 is 5.69 Å². The zero-order valence-electron chi connectivity index (χ0n) is 14.0. The normalized spacial score (nSPS) is 10.7. The van der Waals surface area contributed by atoms with Gasteiger partial charge in [0.2, 0.25) is 0 Å². The average molecular weight is 321 g/mol. The van der Waals surface area contributed by atoms with E-state index in [1.807, 2.05) is 54.6 Å². The number of hydrogen-bond donors (Lipinski definition) is 2. The third-order valence-electron chi connectivity index (χ3n) is 3.97. The van der Waals surface area contributed by atoms with E-state index in [4.69, 9.17) is 10.5 Å². The maximum atomic E-state index is 5.74. The standard InChI is InChI=1S/C20H23N3O/c1-2-3-4-13-24-18-11-7-16(8-12-18)20-14-19(22-23-20)15-5-9-17(21)10-6-15/h5-12,14H,2-4,13,21H2,1H3,(H,22,23). The number of ether oxygens (including phenoxy) is 1. The number of H-pyrrole nitrogens is 1. The zero-order valence-corrected chi connectivity index (χ0v) is 14.0. The minimum Gasteiger partial charge on any atom is -0.494 e. The highest BCUT2D eigenvalue weighted by molar-refractivity contribution is 5.69. The predicted molar refractivity (Wildman–Crippen MR) is 98.9 cm³/mol. The van der Waals surface area contributed by atoms with Gasteiger partial charge in [-0.25, -0.2) is 0 Å². The van der Waals surface area contributed by atoms with E-state index in [9.17, 15) is 0 Å². The topological polar surface area (TPSA) is 63.9 Å². The Kier molecular flexibility index (Phi) is 5.16. The lowest BCUT2D eigenvalue weighted by Crippen LogP contribution is -1.96. The third kappa shape index (κ3) is 3.96. The van der Waals surface area contributed by atoms with Crippen molar-refractivity contribution in [1.82, 2.24) is 10.2 Å². The first-order chi connectivity index (χ1) is 11.8. The molecule has 124 valence electrons. The fourth-order valence-electron chi connectivity index (χ4n) is 2.54. The lowest BCUT2D eigenvalue weighted by Gasteiger charge is -2.06. The second kappa shape index (κ2) is 7.68. The number of aromatic amines is 1. The van der Waals surface area contributed by atoms with E-state index in [1.165, 1.54) is 12.8 Å². The van der Waals surface area contributed by atoms with Crippen LogP contribution in [0, 0.1) is 0 Å². The van der Waals surface area contributed by atoms with Gasteiger partial charge >= 0.3 is 0 Å². The smallest absolute Gasteiger partial charge is 0.119 e. The van der Waals surface area contributed by atoms with Crippen LogP contribution in [0.2, 0.25) is 0 Å². The number of unbranched alkanes of at least 4 members (excludes halogenated alkanes) is 2. The van der Waals surface area contributed by atoms with Gasteiger partial charge < -0.3 is 10.5 Å². The van der Waals surface area contributed by atoms with Gasteiger partial charge in [-0.15, -0.1) is 0 Å². The summed E-state index contributed by atoms with van der Waals surface area (Å²) in [7, 11) is 0. The number of nitrogens with two attached hydrogens (primary N) is 1. The summed E-state index contributed by atoms with van der Waals surface area (Å²) in [5.74, 6) is 0.907. The average Bonchev–Trinajstić information content (AvgIpc) is 3.10. The van der Waals surface area contributed by atoms with Gasteiger partial charge in [0.1, 0.15) is 5.75 Å². The number of rotatable bonds is 7. The molecular formula is C20H23N3O. The molecule has 0 fully saturated rings. The molecule has 0 amide bonds. The molecule has 0 saturated heterocycles. The molecule has 4 nitrogen and oxygen atoms in total. The molecule has 0 aliphatic heterocycles. The summed E-state index contributed by atoms with van der Waals surface area (Å²) < 4.78 is 5.74. The van der Waals surface area contributed by atoms with Crippen molar-refractivity contribution in [2.75, 3.05) is 12.3 Å². The number of nitrogen functional groups attached to an aromatic ring is 1. The molecule has 0 unspecified atom stereocenters. The first kappa shape index (κ1) is 16.1. The maximum Gasteiger partial charge on any atom is 0.119 e. The molecule has 0 bridgehead atoms. The van der Waals surface area contributed by atoms with Crippen LogP contribution in [0.25, 0.3) is 22.5 Å². The fraction of sp³-hybridized carbons (Fsp3) is 0.250. The Morgan fingerprint density at radius 2 is 1.67 bits per heavy atom. The molecule has 0 radical (unpaired) electrons. The first-order valence-electron chi connectivity index (χ1n) is 8.41. The lowest BCUT2D eigenvalue weighted by molar-refractivity contribution is 0.306. The second-order valence-corrected chi connectivity index (χ2v) is 5.87. The van der Waals surface area contributed by atoms with Crippen molar-refractivity contribution in [3.63, 3.8) is 0 Å². The Morgan fingerprint density at radius 3 is 2.38 bits per heavy atom. The predicted octanol–water partition coefficient (Wildman–Crippen LogP) is 4.89. The van der Waals surface area contributed by atoms with Gasteiger partial charge in [0, 0.05) is 11.3 Å². The summed E-state index contributed by atoms with van der Waals surface area (Å²) in [6.07, 6.45) is 3.51. The van der Waals surface area contributed by atoms with Crippen LogP contribution in [0.5, 0.6) is 5.75 Å². The van der Waals surface area contributed by atoms with E-state index in [2.05, 4.69) is 17.1 Å². The largest absolute Gasteiger partial charge is 0.494 e. The highest BCUT2D eigenvalue weighted by atomic mass is 16.5. The van der Waals surface area contributed by atoms with Gasteiger partial charge in [0.25, 0.3) is 0 Å². The Bertz CT molecular complexity index is 760. The second-order valence-electron chi connectivity index (χ2n) is 5.87. The fourth-order valence-corrected chi connectivity index (χ4v) is 2.54. The van der Waals surface area contributed by atoms with Crippen molar-refractivity contribution in [3.05, 3.63) is 54.6 Å². The summed E-state index contributed by atoms with van der Waals surface area (Å²) in [6.45, 7) is 2.97. The third-order valence-corrected chi connectivity index (χ3v) is 3.97. The molecule has 3 N–H and O–H groups in total. The van der Waals surface area contributed by atoms with Crippen LogP contribution < -0.4 is 10.5 Å². The zero-order chi connectivity index (χ0) is 16.8. The van der Waals surface area contributed by atoms with Crippen molar-refractivity contribution in [2.45, 2.75) is 26.2 Å². The van der Waals surface area contributed by atoms with Gasteiger partial charge in [-0.1, -0.05) is 31.9 Å². The van der Waals surface area contributed by atoms with Crippen LogP contribution in [0.1, 0.15) is 26.2 Å².